The second kappa shape index (κ2) is 11.9. The van der Waals surface area contributed by atoms with Crippen LogP contribution in [0.5, 0.6) is 0 Å². The zero-order chi connectivity index (χ0) is 34.1. The minimum absolute atomic E-state index is 0.0330. The summed E-state index contributed by atoms with van der Waals surface area (Å²) in [5.74, 6) is 2.38. The average Bonchev–Trinajstić information content (AvgIpc) is 3.46. The van der Waals surface area contributed by atoms with E-state index in [0.29, 0.717) is 47.3 Å². The van der Waals surface area contributed by atoms with Gasteiger partial charge in [0.25, 0.3) is 0 Å². The van der Waals surface area contributed by atoms with Gasteiger partial charge in [-0.05, 0) is 141 Å². The van der Waals surface area contributed by atoms with Crippen LogP contribution in [-0.2, 0) is 9.47 Å². The Morgan fingerprint density at radius 3 is 2.00 bits per heavy atom. The molecule has 2 aromatic rings. The molecule has 258 valence electrons. The van der Waals surface area contributed by atoms with Gasteiger partial charge in [0, 0.05) is 10.8 Å². The third kappa shape index (κ3) is 4.97. The number of carbonyl (C=O) groups excluding carboxylic acids is 2. The van der Waals surface area contributed by atoms with Crippen molar-refractivity contribution in [1.82, 2.24) is 0 Å². The molecule has 5 saturated carbocycles. The molecule has 0 heterocycles. The number of benzene rings is 2. The summed E-state index contributed by atoms with van der Waals surface area (Å²) in [4.78, 5) is 26.4. The van der Waals surface area contributed by atoms with Crippen LogP contribution in [0.2, 0.25) is 0 Å². The minimum atomic E-state index is -0.189. The number of ether oxygens (including phenoxy) is 2. The van der Waals surface area contributed by atoms with Crippen molar-refractivity contribution in [3.8, 4) is 0 Å². The zero-order valence-corrected chi connectivity index (χ0v) is 30.4. The normalized spacial score (nSPS) is 41.1. The lowest BCUT2D eigenvalue weighted by molar-refractivity contribution is -0.249. The van der Waals surface area contributed by atoms with Gasteiger partial charge in [-0.2, -0.15) is 0 Å². The Bertz CT molecular complexity index is 1550. The molecule has 2 aromatic carbocycles. The third-order valence-corrected chi connectivity index (χ3v) is 15.9. The first-order valence-corrected chi connectivity index (χ1v) is 18.9. The Kier molecular flexibility index (Phi) is 8.31. The first-order chi connectivity index (χ1) is 22.8. The molecule has 0 spiro atoms. The van der Waals surface area contributed by atoms with Crippen LogP contribution in [0.15, 0.2) is 72.8 Å². The van der Waals surface area contributed by atoms with Crippen molar-refractivity contribution >= 4 is 11.9 Å². The maximum atomic E-state index is 13.2. The number of allylic oxidation sites excluding steroid dienone is 1. The standard InChI is InChI=1S/C44H58O4/c1-29(2)32-20-25-44(28-47-38(45)30-14-10-8-11-15-30)27-26-42(6)33(37(32)44)18-19-35-41(5)23-22-36(48-39(46)31-16-12-9-13-17-31)40(3,4)34(41)21-24-43(35,42)7/h8-17,32-37H,1,18-28H2,2-7H3/t32?,33?,34?,35?,36?,37?,41-,42+,43+,44?/m0/s1. The van der Waals surface area contributed by atoms with E-state index in [4.69, 9.17) is 9.47 Å². The molecular formula is C44H58O4. The molecule has 0 saturated heterocycles. The lowest BCUT2D eigenvalue weighted by atomic mass is 9.32. The summed E-state index contributed by atoms with van der Waals surface area (Å²) in [6.45, 7) is 20.0. The number of rotatable bonds is 6. The van der Waals surface area contributed by atoms with Crippen LogP contribution in [0.1, 0.15) is 126 Å². The average molecular weight is 651 g/mol. The van der Waals surface area contributed by atoms with Gasteiger partial charge in [-0.1, -0.05) is 83.2 Å². The molecule has 0 amide bonds. The van der Waals surface area contributed by atoms with E-state index in [9.17, 15) is 9.59 Å². The van der Waals surface area contributed by atoms with Crippen LogP contribution in [0.4, 0.5) is 0 Å². The number of fused-ring (bicyclic) bond motifs is 7. The number of hydrogen-bond acceptors (Lipinski definition) is 4. The van der Waals surface area contributed by atoms with E-state index in [-0.39, 0.29) is 45.1 Å². The van der Waals surface area contributed by atoms with Crippen LogP contribution in [0, 0.1) is 56.7 Å². The van der Waals surface area contributed by atoms with Crippen LogP contribution >= 0.6 is 0 Å². The molecule has 0 aliphatic heterocycles. The number of esters is 2. The van der Waals surface area contributed by atoms with Gasteiger partial charge in [0.05, 0.1) is 17.7 Å². The summed E-state index contributed by atoms with van der Waals surface area (Å²) >= 11 is 0. The van der Waals surface area contributed by atoms with Crippen LogP contribution in [-0.4, -0.2) is 24.6 Å². The minimum Gasteiger partial charge on any atom is -0.461 e. The molecule has 7 rings (SSSR count). The first kappa shape index (κ1) is 33.6. The van der Waals surface area contributed by atoms with Gasteiger partial charge in [-0.25, -0.2) is 9.59 Å². The summed E-state index contributed by atoms with van der Waals surface area (Å²) in [5.41, 5.74) is 3.22. The van der Waals surface area contributed by atoms with Crippen molar-refractivity contribution in [3.05, 3.63) is 83.9 Å². The second-order valence-corrected chi connectivity index (χ2v) is 18.1. The van der Waals surface area contributed by atoms with Gasteiger partial charge in [0.1, 0.15) is 6.10 Å². The van der Waals surface area contributed by atoms with E-state index in [0.717, 1.165) is 32.1 Å². The SMILES string of the molecule is C=C(C)C1CCC2(COC(=O)c3ccccc3)CC[C@]3(C)C(CCC4[C@@]5(C)CCC(OC(=O)c6ccccc6)C(C)(C)C5CC[C@]43C)C12. The van der Waals surface area contributed by atoms with Gasteiger partial charge in [-0.3, -0.25) is 0 Å². The molecule has 7 unspecified atom stereocenters. The van der Waals surface area contributed by atoms with Crippen LogP contribution in [0.25, 0.3) is 0 Å². The maximum Gasteiger partial charge on any atom is 0.338 e. The highest BCUT2D eigenvalue weighted by molar-refractivity contribution is 5.89. The van der Waals surface area contributed by atoms with Crippen LogP contribution in [0.3, 0.4) is 0 Å². The van der Waals surface area contributed by atoms with Gasteiger partial charge in [-0.15, -0.1) is 0 Å². The number of hydrogen-bond donors (Lipinski definition) is 0. The fourth-order valence-electron chi connectivity index (χ4n) is 13.4. The molecule has 4 heteroatoms. The molecule has 5 aliphatic carbocycles. The van der Waals surface area contributed by atoms with Gasteiger partial charge in [0.2, 0.25) is 0 Å². The fraction of sp³-hybridized carbons (Fsp3) is 0.636. The Morgan fingerprint density at radius 1 is 0.708 bits per heavy atom. The predicted octanol–water partition coefficient (Wildman–Crippen LogP) is 10.7. The molecule has 0 N–H and O–H groups in total. The lowest BCUT2D eigenvalue weighted by Gasteiger charge is -2.73. The van der Waals surface area contributed by atoms with Crippen molar-refractivity contribution in [3.63, 3.8) is 0 Å². The molecule has 0 aromatic heterocycles. The molecule has 10 atom stereocenters. The molecular weight excluding hydrogens is 592 g/mol. The first-order valence-electron chi connectivity index (χ1n) is 18.9. The largest absolute Gasteiger partial charge is 0.461 e. The van der Waals surface area contributed by atoms with Crippen molar-refractivity contribution in [2.24, 2.45) is 56.7 Å². The van der Waals surface area contributed by atoms with E-state index < -0.39 is 0 Å². The third-order valence-electron chi connectivity index (χ3n) is 15.9. The number of carbonyl (C=O) groups is 2. The van der Waals surface area contributed by atoms with Gasteiger partial charge in [0.15, 0.2) is 0 Å². The summed E-state index contributed by atoms with van der Waals surface area (Å²) in [5, 5.41) is 0. The zero-order valence-electron chi connectivity index (χ0n) is 30.4. The highest BCUT2D eigenvalue weighted by Gasteiger charge is 2.71. The lowest BCUT2D eigenvalue weighted by Crippen LogP contribution is -2.67. The summed E-state index contributed by atoms with van der Waals surface area (Å²) in [6, 6.07) is 19.0. The van der Waals surface area contributed by atoms with E-state index >= 15 is 0 Å². The van der Waals surface area contributed by atoms with E-state index in [1.807, 2.05) is 60.7 Å². The summed E-state index contributed by atoms with van der Waals surface area (Å²) in [6.07, 6.45) is 11.5. The van der Waals surface area contributed by atoms with Crippen molar-refractivity contribution in [2.45, 2.75) is 112 Å². The topological polar surface area (TPSA) is 52.6 Å². The molecule has 0 bridgehead atoms. The molecule has 0 radical (unpaired) electrons. The Balaban J connectivity index is 1.14. The highest BCUT2D eigenvalue weighted by Crippen LogP contribution is 2.77. The fourth-order valence-corrected chi connectivity index (χ4v) is 13.4. The van der Waals surface area contributed by atoms with Crippen molar-refractivity contribution in [1.29, 1.82) is 0 Å². The van der Waals surface area contributed by atoms with Crippen LogP contribution < -0.4 is 0 Å². The second-order valence-electron chi connectivity index (χ2n) is 18.1. The van der Waals surface area contributed by atoms with E-state index in [1.54, 1.807) is 0 Å². The molecule has 48 heavy (non-hydrogen) atoms. The predicted molar refractivity (Wildman–Crippen MR) is 191 cm³/mol. The Morgan fingerprint density at radius 2 is 1.35 bits per heavy atom. The smallest absolute Gasteiger partial charge is 0.338 e. The molecule has 5 aliphatic rings. The highest BCUT2D eigenvalue weighted by atomic mass is 16.5. The Labute approximate surface area is 289 Å². The monoisotopic (exact) mass is 650 g/mol. The van der Waals surface area contributed by atoms with Crippen molar-refractivity contribution in [2.75, 3.05) is 6.61 Å². The molecule has 4 nitrogen and oxygen atoms in total. The van der Waals surface area contributed by atoms with E-state index in [1.165, 1.54) is 37.7 Å². The van der Waals surface area contributed by atoms with Gasteiger partial charge < -0.3 is 9.47 Å². The van der Waals surface area contributed by atoms with E-state index in [2.05, 4.69) is 48.1 Å². The van der Waals surface area contributed by atoms with Gasteiger partial charge >= 0.3 is 11.9 Å². The quantitative estimate of drug-likeness (QED) is 0.231. The molecule has 5 fully saturated rings. The summed E-state index contributed by atoms with van der Waals surface area (Å²) in [7, 11) is 0. The van der Waals surface area contributed by atoms with Crippen molar-refractivity contribution < 1.29 is 19.1 Å². The summed E-state index contributed by atoms with van der Waals surface area (Å²) < 4.78 is 12.5. The Hall–Kier alpha value is -2.88. The maximum absolute atomic E-state index is 13.2.